The lowest BCUT2D eigenvalue weighted by molar-refractivity contribution is -0.113. The number of hydrogen-bond donors (Lipinski definition) is 0. The molecule has 3 heterocycles. The minimum atomic E-state index is -0.462. The molecule has 0 radical (unpaired) electrons. The third-order valence-electron chi connectivity index (χ3n) is 5.80. The van der Waals surface area contributed by atoms with Crippen molar-refractivity contribution in [2.45, 2.75) is 33.1 Å². The Kier molecular flexibility index (Phi) is 5.38. The van der Waals surface area contributed by atoms with Crippen LogP contribution in [0, 0.1) is 6.92 Å². The van der Waals surface area contributed by atoms with Gasteiger partial charge in [0.25, 0.3) is 17.0 Å². The summed E-state index contributed by atoms with van der Waals surface area (Å²) in [5.41, 5.74) is 3.23. The molecule has 0 aliphatic carbocycles. The average Bonchev–Trinajstić information content (AvgIpc) is 3.26. The fraction of sp³-hybridized carbons (Fsp3) is 0.240. The van der Waals surface area contributed by atoms with E-state index in [1.165, 1.54) is 0 Å². The van der Waals surface area contributed by atoms with Crippen molar-refractivity contribution < 1.29 is 4.79 Å². The molecule has 166 valence electrons. The lowest BCUT2D eigenvalue weighted by Crippen LogP contribution is -2.33. The van der Waals surface area contributed by atoms with Gasteiger partial charge >= 0.3 is 0 Å². The third kappa shape index (κ3) is 3.66. The molecule has 2 aromatic carbocycles. The molecule has 5 rings (SSSR count). The lowest BCUT2D eigenvalue weighted by atomic mass is 10.1. The quantitative estimate of drug-likeness (QED) is 0.459. The van der Waals surface area contributed by atoms with E-state index in [1.807, 2.05) is 55.5 Å². The van der Waals surface area contributed by atoms with Crippen molar-refractivity contribution in [1.29, 1.82) is 0 Å². The first-order valence-corrected chi connectivity index (χ1v) is 11.7. The number of aryl methyl sites for hydroxylation is 1. The maximum absolute atomic E-state index is 13.3. The molecule has 33 heavy (non-hydrogen) atoms. The molecule has 1 aliphatic rings. The van der Waals surface area contributed by atoms with Crippen LogP contribution in [-0.2, 0) is 11.2 Å². The van der Waals surface area contributed by atoms with E-state index >= 15 is 0 Å². The van der Waals surface area contributed by atoms with E-state index in [-0.39, 0.29) is 27.5 Å². The third-order valence-corrected chi connectivity index (χ3v) is 6.83. The molecule has 0 unspecified atom stereocenters. The van der Waals surface area contributed by atoms with Gasteiger partial charge in [-0.25, -0.2) is 0 Å². The number of fused-ring (bicyclic) bond motifs is 2. The molecule has 1 aliphatic heterocycles. The zero-order valence-electron chi connectivity index (χ0n) is 18.4. The number of carbonyl (C=O) groups excluding carboxylic acids is 1. The van der Waals surface area contributed by atoms with E-state index in [9.17, 15) is 14.4 Å². The fourth-order valence-corrected chi connectivity index (χ4v) is 5.03. The number of nitrogens with zero attached hydrogens (tertiary/aromatic N) is 4. The highest BCUT2D eigenvalue weighted by Crippen LogP contribution is 2.35. The van der Waals surface area contributed by atoms with Gasteiger partial charge in [-0.1, -0.05) is 72.7 Å². The Morgan fingerprint density at radius 2 is 1.76 bits per heavy atom. The van der Waals surface area contributed by atoms with Crippen LogP contribution in [0.25, 0.3) is 10.5 Å². The molecule has 1 amide bonds. The topological polar surface area (TPSA) is 84.6 Å². The van der Waals surface area contributed by atoms with Crippen molar-refractivity contribution in [2.24, 2.45) is 0 Å². The summed E-state index contributed by atoms with van der Waals surface area (Å²) in [6, 6.07) is 15.3. The second kappa shape index (κ2) is 8.37. The summed E-state index contributed by atoms with van der Waals surface area (Å²) < 4.78 is 1.42. The number of anilines is 1. The van der Waals surface area contributed by atoms with Gasteiger partial charge < -0.3 is 4.90 Å². The monoisotopic (exact) mass is 458 g/mol. The Bertz CT molecular complexity index is 1550. The van der Waals surface area contributed by atoms with Crippen molar-refractivity contribution >= 4 is 33.5 Å². The van der Waals surface area contributed by atoms with E-state index in [4.69, 9.17) is 0 Å². The number of para-hydroxylation sites is 1. The van der Waals surface area contributed by atoms with Gasteiger partial charge in [-0.05, 0) is 25.0 Å². The summed E-state index contributed by atoms with van der Waals surface area (Å²) in [7, 11) is 0. The van der Waals surface area contributed by atoms with Crippen LogP contribution in [0.15, 0.2) is 58.1 Å². The molecular weight excluding hydrogens is 436 g/mol. The molecule has 0 spiro atoms. The molecule has 8 heteroatoms. The first kappa shape index (κ1) is 21.2. The molecule has 0 N–H and O–H groups in total. The van der Waals surface area contributed by atoms with Crippen LogP contribution < -0.4 is 20.6 Å². The molecule has 4 aromatic rings. The van der Waals surface area contributed by atoms with Crippen molar-refractivity contribution in [3.05, 3.63) is 96.2 Å². The number of benzene rings is 2. The fourth-order valence-electron chi connectivity index (χ4n) is 4.04. The van der Waals surface area contributed by atoms with Crippen molar-refractivity contribution in [3.63, 3.8) is 0 Å². The summed E-state index contributed by atoms with van der Waals surface area (Å²) in [6.45, 7) is 4.65. The summed E-state index contributed by atoms with van der Waals surface area (Å²) in [5.74, 6) is -0.198. The Labute approximate surface area is 193 Å². The van der Waals surface area contributed by atoms with Crippen LogP contribution in [0.2, 0.25) is 0 Å². The Balaban J connectivity index is 1.67. The van der Waals surface area contributed by atoms with E-state index in [1.54, 1.807) is 4.90 Å². The van der Waals surface area contributed by atoms with Crippen molar-refractivity contribution in [1.82, 2.24) is 14.6 Å². The highest BCUT2D eigenvalue weighted by molar-refractivity contribution is 7.15. The molecule has 0 fully saturated rings. The van der Waals surface area contributed by atoms with E-state index in [0.29, 0.717) is 12.1 Å². The lowest BCUT2D eigenvalue weighted by Gasteiger charge is -2.16. The van der Waals surface area contributed by atoms with E-state index in [0.717, 1.165) is 51.1 Å². The van der Waals surface area contributed by atoms with Gasteiger partial charge in [0.2, 0.25) is 4.96 Å². The van der Waals surface area contributed by atoms with Gasteiger partial charge in [-0.3, -0.25) is 14.4 Å². The maximum atomic E-state index is 13.3. The molecule has 7 nitrogen and oxygen atoms in total. The summed E-state index contributed by atoms with van der Waals surface area (Å²) in [4.78, 5) is 45.3. The molecule has 0 saturated heterocycles. The minimum absolute atomic E-state index is 0.192. The second-order valence-electron chi connectivity index (χ2n) is 8.16. The number of carbonyl (C=O) groups is 1. The number of thiazole rings is 1. The first-order chi connectivity index (χ1) is 16.0. The van der Waals surface area contributed by atoms with Gasteiger partial charge in [0.05, 0.1) is 11.3 Å². The van der Waals surface area contributed by atoms with Crippen molar-refractivity contribution in [2.75, 3.05) is 11.4 Å². The summed E-state index contributed by atoms with van der Waals surface area (Å²) >= 11 is 1.04. The minimum Gasteiger partial charge on any atom is -0.308 e. The predicted octanol–water partition coefficient (Wildman–Crippen LogP) is 2.48. The second-order valence-corrected chi connectivity index (χ2v) is 9.14. The van der Waals surface area contributed by atoms with E-state index in [2.05, 4.69) is 17.0 Å². The number of amides is 1. The van der Waals surface area contributed by atoms with Gasteiger partial charge in [0, 0.05) is 18.5 Å². The average molecular weight is 459 g/mol. The van der Waals surface area contributed by atoms with Crippen LogP contribution >= 0.6 is 11.3 Å². The normalized spacial score (nSPS) is 14.8. The number of rotatable bonds is 5. The molecular formula is C25H22N4O3S. The Hall–Kier alpha value is -3.65. The smallest absolute Gasteiger partial charge is 0.296 e. The summed E-state index contributed by atoms with van der Waals surface area (Å²) in [6.07, 6.45) is 2.10. The first-order valence-electron chi connectivity index (χ1n) is 10.9. The standard InChI is InChI=1S/C25H22N4O3S/c1-3-4-13-28-19-8-6-5-7-17(19)20(23(28)31)21-24(32)29-25(33-21)26-22(30)18(27-29)14-16-11-9-15(2)10-12-16/h5-12H,3-4,13-14H2,1-2H3/b21-20-. The van der Waals surface area contributed by atoms with Crippen LogP contribution in [0.4, 0.5) is 5.69 Å². The molecule has 2 aromatic heterocycles. The molecule has 0 bridgehead atoms. The van der Waals surface area contributed by atoms with Crippen LogP contribution in [0.1, 0.15) is 42.1 Å². The Morgan fingerprint density at radius 1 is 1.00 bits per heavy atom. The Morgan fingerprint density at radius 3 is 2.52 bits per heavy atom. The van der Waals surface area contributed by atoms with Gasteiger partial charge in [0.15, 0.2) is 0 Å². The number of unbranched alkanes of at least 4 members (excludes halogenated alkanes) is 1. The van der Waals surface area contributed by atoms with E-state index < -0.39 is 11.1 Å². The van der Waals surface area contributed by atoms with Gasteiger partial charge in [-0.2, -0.15) is 14.6 Å². The number of aromatic nitrogens is 3. The van der Waals surface area contributed by atoms with Crippen molar-refractivity contribution in [3.8, 4) is 0 Å². The number of hydrogen-bond acceptors (Lipinski definition) is 6. The van der Waals surface area contributed by atoms with Crippen LogP contribution in [0.3, 0.4) is 0 Å². The predicted molar refractivity (Wildman–Crippen MR) is 129 cm³/mol. The largest absolute Gasteiger partial charge is 0.308 e. The maximum Gasteiger partial charge on any atom is 0.296 e. The SMILES string of the molecule is CCCCN1C(=O)/C(=c2\sc3nc(=O)c(Cc4ccc(C)cc4)nn3c2=O)c2ccccc21. The highest BCUT2D eigenvalue weighted by Gasteiger charge is 2.33. The van der Waals surface area contributed by atoms with Crippen LogP contribution in [-0.4, -0.2) is 27.0 Å². The zero-order valence-corrected chi connectivity index (χ0v) is 19.2. The summed E-state index contributed by atoms with van der Waals surface area (Å²) in [5, 5.41) is 4.34. The molecule has 0 atom stereocenters. The molecule has 0 saturated carbocycles. The van der Waals surface area contributed by atoms with Gasteiger partial charge in [-0.15, -0.1) is 0 Å². The van der Waals surface area contributed by atoms with Crippen LogP contribution in [0.5, 0.6) is 0 Å². The highest BCUT2D eigenvalue weighted by atomic mass is 32.1. The zero-order chi connectivity index (χ0) is 23.1. The van der Waals surface area contributed by atoms with Gasteiger partial charge in [0.1, 0.15) is 10.2 Å².